The number of carbonyl (C=O) groups is 1. The Labute approximate surface area is 220 Å². The second kappa shape index (κ2) is 11.4. The Morgan fingerprint density at radius 3 is 2.68 bits per heavy atom. The smallest absolute Gasteiger partial charge is 0.433 e. The van der Waals surface area contributed by atoms with Gasteiger partial charge >= 0.3 is 6.18 Å². The highest BCUT2D eigenvalue weighted by Crippen LogP contribution is 2.36. The number of alkyl halides is 3. The number of aromatic nitrogens is 5. The quantitative estimate of drug-likeness (QED) is 0.296. The Kier molecular flexibility index (Phi) is 8.01. The standard InChI is InChI=1S/C25H21ClF3N7O2/c1-30-13-16-12-22(25(27,28)29)31-14-18(16)17-11-15(7-8-19(17)26)24(37)36(2)20-5-3-4-6-21(20)38-10-9-23-32-34-35-33-23/h3-8,11-12,14H,1,9-10,13H2,2H3,(H,32,33,34,35). The minimum Gasteiger partial charge on any atom is -0.491 e. The van der Waals surface area contributed by atoms with Crippen LogP contribution in [0.2, 0.25) is 5.02 Å². The molecular weight excluding hydrogens is 523 g/mol. The molecule has 0 bridgehead atoms. The highest BCUT2D eigenvalue weighted by molar-refractivity contribution is 6.33. The number of nitrogens with one attached hydrogen (secondary N) is 1. The van der Waals surface area contributed by atoms with E-state index < -0.39 is 11.9 Å². The molecule has 0 atom stereocenters. The second-order valence-corrected chi connectivity index (χ2v) is 8.49. The summed E-state index contributed by atoms with van der Waals surface area (Å²) in [5.74, 6) is 0.641. The maximum atomic E-state index is 13.5. The van der Waals surface area contributed by atoms with Crippen molar-refractivity contribution in [2.24, 2.45) is 4.99 Å². The molecule has 2 aromatic heterocycles. The van der Waals surface area contributed by atoms with Crippen molar-refractivity contribution in [1.29, 1.82) is 0 Å². The van der Waals surface area contributed by atoms with Gasteiger partial charge in [-0.2, -0.15) is 13.2 Å². The lowest BCUT2D eigenvalue weighted by Gasteiger charge is -2.21. The van der Waals surface area contributed by atoms with Crippen LogP contribution in [0.5, 0.6) is 5.75 Å². The molecule has 0 unspecified atom stereocenters. The number of ether oxygens (including phenoxy) is 1. The molecule has 0 fully saturated rings. The van der Waals surface area contributed by atoms with Gasteiger partial charge in [-0.25, -0.2) is 5.10 Å². The number of tetrazole rings is 1. The molecule has 0 aliphatic carbocycles. The number of aromatic amines is 1. The summed E-state index contributed by atoms with van der Waals surface area (Å²) in [6, 6.07) is 12.5. The van der Waals surface area contributed by atoms with Crippen molar-refractivity contribution in [3.8, 4) is 16.9 Å². The summed E-state index contributed by atoms with van der Waals surface area (Å²) in [6.45, 7) is 3.56. The largest absolute Gasteiger partial charge is 0.491 e. The number of anilines is 1. The monoisotopic (exact) mass is 543 g/mol. The lowest BCUT2D eigenvalue weighted by molar-refractivity contribution is -0.141. The first kappa shape index (κ1) is 26.7. The number of hydrogen-bond acceptors (Lipinski definition) is 7. The van der Waals surface area contributed by atoms with Gasteiger partial charge in [0.25, 0.3) is 5.91 Å². The molecule has 4 rings (SSSR count). The zero-order valence-corrected chi connectivity index (χ0v) is 20.8. The third-order valence-electron chi connectivity index (χ3n) is 5.58. The molecule has 0 saturated carbocycles. The topological polar surface area (TPSA) is 109 Å². The number of para-hydroxylation sites is 2. The van der Waals surface area contributed by atoms with E-state index in [1.165, 1.54) is 23.1 Å². The van der Waals surface area contributed by atoms with E-state index in [-0.39, 0.29) is 35.2 Å². The zero-order chi connectivity index (χ0) is 27.3. The predicted octanol–water partition coefficient (Wildman–Crippen LogP) is 5.03. The number of aliphatic imine (C=N–C) groups is 1. The van der Waals surface area contributed by atoms with Gasteiger partial charge in [-0.05, 0) is 59.1 Å². The number of halogens is 4. The van der Waals surface area contributed by atoms with Crippen LogP contribution >= 0.6 is 11.6 Å². The SMILES string of the molecule is C=NCc1cc(C(F)(F)F)ncc1-c1cc(C(=O)N(C)c2ccccc2OCCc2nnn[nH]2)ccc1Cl. The van der Waals surface area contributed by atoms with Crippen LogP contribution in [0, 0.1) is 0 Å². The molecule has 38 heavy (non-hydrogen) atoms. The van der Waals surface area contributed by atoms with E-state index in [1.807, 2.05) is 0 Å². The molecule has 13 heteroatoms. The molecule has 0 radical (unpaired) electrons. The molecule has 4 aromatic rings. The highest BCUT2D eigenvalue weighted by atomic mass is 35.5. The zero-order valence-electron chi connectivity index (χ0n) is 20.0. The molecule has 1 amide bonds. The molecule has 0 aliphatic rings. The van der Waals surface area contributed by atoms with Gasteiger partial charge in [-0.1, -0.05) is 23.7 Å². The summed E-state index contributed by atoms with van der Waals surface area (Å²) in [6.07, 6.45) is -3.11. The van der Waals surface area contributed by atoms with E-state index in [2.05, 4.69) is 37.3 Å². The fourth-order valence-electron chi connectivity index (χ4n) is 3.71. The van der Waals surface area contributed by atoms with Gasteiger partial charge < -0.3 is 9.64 Å². The Morgan fingerprint density at radius 2 is 1.97 bits per heavy atom. The van der Waals surface area contributed by atoms with Crippen LogP contribution < -0.4 is 9.64 Å². The normalized spacial score (nSPS) is 11.3. The van der Waals surface area contributed by atoms with Crippen molar-refractivity contribution < 1.29 is 22.7 Å². The average Bonchev–Trinajstić information content (AvgIpc) is 3.42. The Bertz CT molecular complexity index is 1450. The van der Waals surface area contributed by atoms with Crippen molar-refractivity contribution in [1.82, 2.24) is 25.6 Å². The van der Waals surface area contributed by atoms with Crippen LogP contribution in [-0.2, 0) is 19.1 Å². The van der Waals surface area contributed by atoms with Crippen LogP contribution in [-0.4, -0.2) is 51.9 Å². The van der Waals surface area contributed by atoms with Gasteiger partial charge in [0.05, 0.1) is 18.8 Å². The summed E-state index contributed by atoms with van der Waals surface area (Å²) in [5, 5.41) is 13.7. The first-order valence-electron chi connectivity index (χ1n) is 11.2. The van der Waals surface area contributed by atoms with Crippen LogP contribution in [0.3, 0.4) is 0 Å². The number of rotatable bonds is 9. The lowest BCUT2D eigenvalue weighted by Crippen LogP contribution is -2.27. The van der Waals surface area contributed by atoms with E-state index in [0.29, 0.717) is 34.8 Å². The van der Waals surface area contributed by atoms with Gasteiger partial charge in [0.1, 0.15) is 11.4 Å². The van der Waals surface area contributed by atoms with Gasteiger partial charge in [0.2, 0.25) is 0 Å². The molecule has 2 heterocycles. The third kappa shape index (κ3) is 5.97. The van der Waals surface area contributed by atoms with Crippen LogP contribution in [0.1, 0.15) is 27.4 Å². The van der Waals surface area contributed by atoms with E-state index >= 15 is 0 Å². The van der Waals surface area contributed by atoms with E-state index in [0.717, 1.165) is 12.3 Å². The van der Waals surface area contributed by atoms with Crippen molar-refractivity contribution in [2.45, 2.75) is 19.1 Å². The molecule has 0 saturated heterocycles. The highest BCUT2D eigenvalue weighted by Gasteiger charge is 2.33. The first-order chi connectivity index (χ1) is 18.2. The summed E-state index contributed by atoms with van der Waals surface area (Å²) in [7, 11) is 1.59. The molecular formula is C25H21ClF3N7O2. The van der Waals surface area contributed by atoms with Crippen molar-refractivity contribution in [3.63, 3.8) is 0 Å². The molecule has 1 N–H and O–H groups in total. The number of pyridine rings is 1. The maximum Gasteiger partial charge on any atom is 0.433 e. The second-order valence-electron chi connectivity index (χ2n) is 8.08. The number of hydrogen-bond donors (Lipinski definition) is 1. The lowest BCUT2D eigenvalue weighted by atomic mass is 9.98. The molecule has 0 spiro atoms. The van der Waals surface area contributed by atoms with E-state index in [4.69, 9.17) is 16.3 Å². The van der Waals surface area contributed by atoms with E-state index in [9.17, 15) is 18.0 Å². The summed E-state index contributed by atoms with van der Waals surface area (Å²) < 4.78 is 45.5. The van der Waals surface area contributed by atoms with Crippen LogP contribution in [0.4, 0.5) is 18.9 Å². The van der Waals surface area contributed by atoms with Crippen LogP contribution in [0.25, 0.3) is 11.1 Å². The minimum atomic E-state index is -4.63. The van der Waals surface area contributed by atoms with Gasteiger partial charge in [-0.15, -0.1) is 5.10 Å². The molecule has 9 nitrogen and oxygen atoms in total. The number of amides is 1. The molecule has 0 aliphatic heterocycles. The molecule has 196 valence electrons. The Balaban J connectivity index is 1.62. The third-order valence-corrected chi connectivity index (χ3v) is 5.91. The minimum absolute atomic E-state index is 0.0931. The summed E-state index contributed by atoms with van der Waals surface area (Å²) >= 11 is 6.40. The average molecular weight is 544 g/mol. The maximum absolute atomic E-state index is 13.5. The van der Waals surface area contributed by atoms with Gasteiger partial charge in [0, 0.05) is 41.4 Å². The van der Waals surface area contributed by atoms with Gasteiger partial charge in [0.15, 0.2) is 5.82 Å². The number of carbonyl (C=O) groups excluding carboxylic acids is 1. The Morgan fingerprint density at radius 1 is 1.18 bits per heavy atom. The summed E-state index contributed by atoms with van der Waals surface area (Å²) in [5.41, 5.74) is 0.598. The number of H-pyrrole nitrogens is 1. The van der Waals surface area contributed by atoms with Crippen molar-refractivity contribution in [2.75, 3.05) is 18.6 Å². The van der Waals surface area contributed by atoms with Gasteiger partial charge in [-0.3, -0.25) is 14.8 Å². The Hall–Kier alpha value is -4.32. The fraction of sp³-hybridized carbons (Fsp3) is 0.200. The number of benzene rings is 2. The fourth-order valence-corrected chi connectivity index (χ4v) is 3.93. The van der Waals surface area contributed by atoms with Crippen molar-refractivity contribution in [3.05, 3.63) is 82.4 Å². The predicted molar refractivity (Wildman–Crippen MR) is 135 cm³/mol. The number of nitrogens with zero attached hydrogens (tertiary/aromatic N) is 6. The summed E-state index contributed by atoms with van der Waals surface area (Å²) in [4.78, 5) is 22.1. The first-order valence-corrected chi connectivity index (χ1v) is 11.6. The molecule has 2 aromatic carbocycles. The van der Waals surface area contributed by atoms with E-state index in [1.54, 1.807) is 31.3 Å². The van der Waals surface area contributed by atoms with Crippen molar-refractivity contribution >= 4 is 29.9 Å². The van der Waals surface area contributed by atoms with Crippen LogP contribution in [0.15, 0.2) is 59.7 Å².